The number of halogens is 4. The predicted molar refractivity (Wildman–Crippen MR) is 164 cm³/mol. The third-order valence-electron chi connectivity index (χ3n) is 9.90. The van der Waals surface area contributed by atoms with Crippen molar-refractivity contribution < 1.29 is 41.4 Å². The van der Waals surface area contributed by atoms with Gasteiger partial charge in [0.2, 0.25) is 11.8 Å². The maximum atomic E-state index is 15.4. The van der Waals surface area contributed by atoms with Crippen LogP contribution in [0.5, 0.6) is 17.4 Å². The topological polar surface area (TPSA) is 118 Å². The Bertz CT molecular complexity index is 1790. The van der Waals surface area contributed by atoms with E-state index in [1.807, 2.05) is 7.05 Å². The highest BCUT2D eigenvalue weighted by Crippen LogP contribution is 2.57. The lowest BCUT2D eigenvalue weighted by Crippen LogP contribution is -2.43. The lowest BCUT2D eigenvalue weighted by molar-refractivity contribution is -0.139. The molecule has 3 aliphatic heterocycles. The first-order valence-corrected chi connectivity index (χ1v) is 15.6. The van der Waals surface area contributed by atoms with Crippen LogP contribution in [0.2, 0.25) is 0 Å². The fourth-order valence-corrected chi connectivity index (χ4v) is 6.98. The van der Waals surface area contributed by atoms with Gasteiger partial charge in [-0.3, -0.25) is 9.59 Å². The molecule has 2 spiro atoms. The fourth-order valence-electron chi connectivity index (χ4n) is 6.98. The molecule has 11 nitrogen and oxygen atoms in total. The summed E-state index contributed by atoms with van der Waals surface area (Å²) in [5, 5.41) is 5.53. The minimum Gasteiger partial charge on any atom is -0.495 e. The quantitative estimate of drug-likeness (QED) is 0.326. The van der Waals surface area contributed by atoms with Gasteiger partial charge in [0.25, 0.3) is 11.8 Å². The van der Waals surface area contributed by atoms with Crippen LogP contribution in [0, 0.1) is 5.82 Å². The zero-order valence-electron chi connectivity index (χ0n) is 26.5. The molecule has 1 saturated carbocycles. The maximum Gasteiger partial charge on any atom is 0.423 e. The second kappa shape index (κ2) is 11.6. The number of carbonyl (C=O) groups is 2. The van der Waals surface area contributed by atoms with Gasteiger partial charge in [0, 0.05) is 32.4 Å². The summed E-state index contributed by atoms with van der Waals surface area (Å²) in [7, 11) is 5.00. The summed E-state index contributed by atoms with van der Waals surface area (Å²) in [5.74, 6) is -3.18. The van der Waals surface area contributed by atoms with Crippen molar-refractivity contribution in [1.82, 2.24) is 25.1 Å². The monoisotopic (exact) mass is 670 g/mol. The van der Waals surface area contributed by atoms with E-state index in [0.29, 0.717) is 24.8 Å². The standard InChI is InChI=1S/C33H34F4N6O5/c1-42-11-9-31(10-12-42)15-18(17-47-31)39-27(44)19-13-25(46-3)23(14-22(19)34)40-30-38-16-21(33(35,36)37)28(41-30)48-24-6-4-5-20-26(24)29(45)43(2)32(20)7-8-32/h4-6,13-14,16,18H,7-12,15,17H2,1-3H3,(H,39,44)(H,38,40,41). The first-order chi connectivity index (χ1) is 22.8. The minimum atomic E-state index is -4.89. The Morgan fingerprint density at radius 3 is 2.54 bits per heavy atom. The SMILES string of the molecule is COc1cc(C(=O)NC2COC3(CCN(C)CC3)C2)c(F)cc1Nc1ncc(C(F)(F)F)c(Oc2cccc3c2C(=O)N(C)C32CC2)n1. The van der Waals surface area contributed by atoms with Gasteiger partial charge in [-0.15, -0.1) is 0 Å². The summed E-state index contributed by atoms with van der Waals surface area (Å²) in [5.41, 5.74) is -1.49. The molecular formula is C33H34F4N6O5. The van der Waals surface area contributed by atoms with Crippen molar-refractivity contribution in [3.05, 3.63) is 64.6 Å². The van der Waals surface area contributed by atoms with Gasteiger partial charge >= 0.3 is 6.18 Å². The zero-order valence-corrected chi connectivity index (χ0v) is 26.5. The Labute approximate surface area is 273 Å². The van der Waals surface area contributed by atoms with E-state index < -0.39 is 34.9 Å². The van der Waals surface area contributed by atoms with Gasteiger partial charge in [0.15, 0.2) is 0 Å². The molecular weight excluding hydrogens is 636 g/mol. The van der Waals surface area contributed by atoms with Crippen LogP contribution in [-0.4, -0.2) is 84.1 Å². The number of rotatable bonds is 7. The van der Waals surface area contributed by atoms with Gasteiger partial charge in [-0.05, 0) is 56.8 Å². The molecule has 1 aromatic heterocycles. The molecule has 7 rings (SSSR count). The van der Waals surface area contributed by atoms with Crippen LogP contribution in [0.4, 0.5) is 29.2 Å². The number of carbonyl (C=O) groups excluding carboxylic acids is 2. The fraction of sp³-hybridized carbons (Fsp3) is 0.455. The van der Waals surface area contributed by atoms with Gasteiger partial charge in [-0.2, -0.15) is 18.2 Å². The number of anilines is 2. The Balaban J connectivity index is 1.12. The van der Waals surface area contributed by atoms with E-state index in [9.17, 15) is 22.8 Å². The highest BCUT2D eigenvalue weighted by Gasteiger charge is 2.57. The number of hydrogen-bond donors (Lipinski definition) is 2. The summed E-state index contributed by atoms with van der Waals surface area (Å²) in [6.45, 7) is 2.10. The molecule has 1 atom stereocenters. The molecule has 2 saturated heterocycles. The number of hydrogen-bond acceptors (Lipinski definition) is 9. The Morgan fingerprint density at radius 1 is 1.10 bits per heavy atom. The molecule has 0 radical (unpaired) electrons. The van der Waals surface area contributed by atoms with E-state index in [-0.39, 0.29) is 51.8 Å². The summed E-state index contributed by atoms with van der Waals surface area (Å²) in [6.07, 6.45) is -0.544. The van der Waals surface area contributed by atoms with Crippen LogP contribution in [-0.2, 0) is 16.5 Å². The third kappa shape index (κ3) is 5.57. The number of nitrogens with one attached hydrogen (secondary N) is 2. The van der Waals surface area contributed by atoms with Crippen molar-refractivity contribution >= 4 is 23.5 Å². The molecule has 2 amide bonds. The summed E-state index contributed by atoms with van der Waals surface area (Å²) < 4.78 is 74.7. The molecule has 0 bridgehead atoms. The van der Waals surface area contributed by atoms with Crippen molar-refractivity contribution in [2.75, 3.05) is 46.2 Å². The molecule has 3 fully saturated rings. The summed E-state index contributed by atoms with van der Waals surface area (Å²) >= 11 is 0. The summed E-state index contributed by atoms with van der Waals surface area (Å²) in [6, 6.07) is 6.68. The number of methoxy groups -OCH3 is 1. The molecule has 4 aliphatic rings. The highest BCUT2D eigenvalue weighted by molar-refractivity contribution is 6.03. The number of likely N-dealkylation sites (tertiary alicyclic amines) is 1. The first kappa shape index (κ1) is 32.1. The molecule has 3 aromatic rings. The van der Waals surface area contributed by atoms with Gasteiger partial charge < -0.3 is 34.6 Å². The van der Waals surface area contributed by atoms with E-state index in [0.717, 1.165) is 44.8 Å². The second-order valence-electron chi connectivity index (χ2n) is 12.9. The molecule has 254 valence electrons. The number of benzene rings is 2. The number of amides is 2. The van der Waals surface area contributed by atoms with Crippen molar-refractivity contribution in [3.63, 3.8) is 0 Å². The number of alkyl halides is 3. The number of ether oxygens (including phenoxy) is 3. The van der Waals surface area contributed by atoms with Gasteiger partial charge in [0.05, 0.1) is 47.7 Å². The zero-order chi connectivity index (χ0) is 34.0. The molecule has 1 unspecified atom stereocenters. The van der Waals surface area contributed by atoms with Crippen molar-refractivity contribution in [1.29, 1.82) is 0 Å². The Morgan fingerprint density at radius 2 is 1.85 bits per heavy atom. The third-order valence-corrected chi connectivity index (χ3v) is 9.90. The largest absolute Gasteiger partial charge is 0.495 e. The Kier molecular flexibility index (Phi) is 7.74. The van der Waals surface area contributed by atoms with Crippen molar-refractivity contribution in [2.24, 2.45) is 0 Å². The van der Waals surface area contributed by atoms with Crippen LogP contribution in [0.3, 0.4) is 0 Å². The van der Waals surface area contributed by atoms with Gasteiger partial charge in [-0.25, -0.2) is 9.37 Å². The number of nitrogens with zero attached hydrogens (tertiary/aromatic N) is 4. The van der Waals surface area contributed by atoms with E-state index >= 15 is 4.39 Å². The number of piperidine rings is 1. The molecule has 4 heterocycles. The molecule has 2 aromatic carbocycles. The smallest absolute Gasteiger partial charge is 0.423 e. The maximum absolute atomic E-state index is 15.4. The normalized spacial score (nSPS) is 21.0. The predicted octanol–water partition coefficient (Wildman–Crippen LogP) is 5.24. The van der Waals surface area contributed by atoms with E-state index in [4.69, 9.17) is 14.2 Å². The molecule has 2 N–H and O–H groups in total. The average Bonchev–Trinajstić information content (AvgIpc) is 3.72. The molecule has 48 heavy (non-hydrogen) atoms. The van der Waals surface area contributed by atoms with E-state index in [2.05, 4.69) is 25.5 Å². The number of fused-ring (bicyclic) bond motifs is 2. The van der Waals surface area contributed by atoms with Crippen molar-refractivity contribution in [2.45, 2.75) is 55.5 Å². The van der Waals surface area contributed by atoms with Gasteiger partial charge in [-0.1, -0.05) is 12.1 Å². The lowest BCUT2D eigenvalue weighted by Gasteiger charge is -2.36. The van der Waals surface area contributed by atoms with Crippen LogP contribution < -0.4 is 20.1 Å². The van der Waals surface area contributed by atoms with E-state index in [1.54, 1.807) is 24.1 Å². The number of aromatic nitrogens is 2. The van der Waals surface area contributed by atoms with Crippen LogP contribution >= 0.6 is 0 Å². The van der Waals surface area contributed by atoms with Crippen LogP contribution in [0.1, 0.15) is 63.9 Å². The van der Waals surface area contributed by atoms with Gasteiger partial charge in [0.1, 0.15) is 22.9 Å². The summed E-state index contributed by atoms with van der Waals surface area (Å²) in [4.78, 5) is 37.8. The average molecular weight is 671 g/mol. The molecule has 1 aliphatic carbocycles. The minimum absolute atomic E-state index is 0.0196. The second-order valence-corrected chi connectivity index (χ2v) is 12.9. The van der Waals surface area contributed by atoms with Crippen LogP contribution in [0.15, 0.2) is 36.5 Å². The van der Waals surface area contributed by atoms with E-state index in [1.165, 1.54) is 19.2 Å². The lowest BCUT2D eigenvalue weighted by atomic mass is 9.87. The first-order valence-electron chi connectivity index (χ1n) is 15.6. The van der Waals surface area contributed by atoms with Crippen molar-refractivity contribution in [3.8, 4) is 17.4 Å². The molecule has 15 heteroatoms. The highest BCUT2D eigenvalue weighted by atomic mass is 19.4. The Hall–Kier alpha value is -4.50. The van der Waals surface area contributed by atoms with Crippen LogP contribution in [0.25, 0.3) is 0 Å².